The van der Waals surface area contributed by atoms with Crippen LogP contribution in [0.3, 0.4) is 0 Å². The Balaban J connectivity index is 2.75. The van der Waals surface area contributed by atoms with Crippen LogP contribution in [0.15, 0.2) is 12.1 Å². The molecule has 0 saturated heterocycles. The molecule has 0 spiro atoms. The van der Waals surface area contributed by atoms with Gasteiger partial charge in [0.25, 0.3) is 0 Å². The molecule has 1 N–H and O–H groups in total. The number of likely N-dealkylation sites (N-methyl/N-ethyl adjacent to an activating group) is 1. The summed E-state index contributed by atoms with van der Waals surface area (Å²) in [6.07, 6.45) is 0. The third kappa shape index (κ3) is 3.21. The lowest BCUT2D eigenvalue weighted by molar-refractivity contribution is 0.319. The second-order valence-corrected chi connectivity index (χ2v) is 3.90. The molecule has 0 amide bonds. The van der Waals surface area contributed by atoms with Crippen LogP contribution in [0, 0.1) is 0 Å². The maximum Gasteiger partial charge on any atom is 0.156 e. The van der Waals surface area contributed by atoms with Crippen molar-refractivity contribution in [3.63, 3.8) is 0 Å². The van der Waals surface area contributed by atoms with Gasteiger partial charge in [0.15, 0.2) is 5.75 Å². The van der Waals surface area contributed by atoms with Gasteiger partial charge in [-0.15, -0.1) is 0 Å². The van der Waals surface area contributed by atoms with Crippen LogP contribution < -0.4 is 10.1 Å². The van der Waals surface area contributed by atoms with Gasteiger partial charge in [-0.05, 0) is 19.2 Å². The van der Waals surface area contributed by atoms with Crippen molar-refractivity contribution >= 4 is 34.8 Å². The van der Waals surface area contributed by atoms with Crippen molar-refractivity contribution in [1.29, 1.82) is 0 Å². The predicted octanol–water partition coefficient (Wildman–Crippen LogP) is 3.25. The van der Waals surface area contributed by atoms with E-state index in [1.807, 2.05) is 7.05 Å². The lowest BCUT2D eigenvalue weighted by atomic mass is 10.3. The van der Waals surface area contributed by atoms with E-state index in [2.05, 4.69) is 5.32 Å². The molecule has 0 aliphatic carbocycles. The minimum atomic E-state index is 0.429. The maximum absolute atomic E-state index is 5.90. The Morgan fingerprint density at radius 1 is 1.21 bits per heavy atom. The fourth-order valence-electron chi connectivity index (χ4n) is 0.922. The first-order chi connectivity index (χ1) is 6.65. The standard InChI is InChI=1S/C9H10Cl3NO/c1-13-2-3-14-9-7(11)4-6(10)5-8(9)12/h4-5,13H,2-3H2,1H3. The fourth-order valence-corrected chi connectivity index (χ4v) is 1.85. The number of rotatable bonds is 4. The van der Waals surface area contributed by atoms with Crippen LogP contribution in [0.5, 0.6) is 5.75 Å². The van der Waals surface area contributed by atoms with Crippen LogP contribution in [0.2, 0.25) is 15.1 Å². The largest absolute Gasteiger partial charge is 0.489 e. The molecule has 0 heterocycles. The van der Waals surface area contributed by atoms with Gasteiger partial charge < -0.3 is 10.1 Å². The summed E-state index contributed by atoms with van der Waals surface area (Å²) in [6, 6.07) is 3.20. The average molecular weight is 255 g/mol. The van der Waals surface area contributed by atoms with Gasteiger partial charge in [0.2, 0.25) is 0 Å². The molecule has 0 radical (unpaired) electrons. The molecule has 0 fully saturated rings. The summed E-state index contributed by atoms with van der Waals surface area (Å²) in [5.74, 6) is 0.480. The Bertz CT molecular complexity index is 294. The molecule has 0 unspecified atom stereocenters. The Kier molecular flexibility index (Phi) is 4.82. The highest BCUT2D eigenvalue weighted by atomic mass is 35.5. The molecule has 0 saturated carbocycles. The zero-order valence-corrected chi connectivity index (χ0v) is 9.88. The molecule has 1 rings (SSSR count). The summed E-state index contributed by atoms with van der Waals surface area (Å²) in [5, 5.41) is 4.31. The van der Waals surface area contributed by atoms with Crippen LogP contribution in [0.4, 0.5) is 0 Å². The quantitative estimate of drug-likeness (QED) is 0.833. The Labute approximate surface area is 98.1 Å². The third-order valence-corrected chi connectivity index (χ3v) is 2.34. The average Bonchev–Trinajstić information content (AvgIpc) is 2.09. The van der Waals surface area contributed by atoms with E-state index in [-0.39, 0.29) is 0 Å². The number of nitrogens with one attached hydrogen (secondary N) is 1. The smallest absolute Gasteiger partial charge is 0.156 e. The Morgan fingerprint density at radius 2 is 1.79 bits per heavy atom. The normalized spacial score (nSPS) is 10.3. The molecule has 0 aliphatic heterocycles. The van der Waals surface area contributed by atoms with Gasteiger partial charge in [-0.25, -0.2) is 0 Å². The van der Waals surface area contributed by atoms with Crippen LogP contribution in [0.1, 0.15) is 0 Å². The molecule has 78 valence electrons. The number of benzene rings is 1. The first-order valence-corrected chi connectivity index (χ1v) is 5.20. The second kappa shape index (κ2) is 5.66. The molecule has 0 atom stereocenters. The van der Waals surface area contributed by atoms with Crippen molar-refractivity contribution < 1.29 is 4.74 Å². The molecular formula is C9H10Cl3NO. The molecule has 1 aromatic rings. The SMILES string of the molecule is CNCCOc1c(Cl)cc(Cl)cc1Cl. The van der Waals surface area contributed by atoms with Gasteiger partial charge in [0.1, 0.15) is 6.61 Å². The third-order valence-electron chi connectivity index (χ3n) is 1.56. The van der Waals surface area contributed by atoms with Gasteiger partial charge in [-0.1, -0.05) is 34.8 Å². The second-order valence-electron chi connectivity index (χ2n) is 2.65. The van der Waals surface area contributed by atoms with Crippen molar-refractivity contribution in [3.05, 3.63) is 27.2 Å². The molecular weight excluding hydrogens is 244 g/mol. The summed E-state index contributed by atoms with van der Waals surface area (Å²) in [4.78, 5) is 0. The van der Waals surface area contributed by atoms with Crippen LogP contribution in [0.25, 0.3) is 0 Å². The van der Waals surface area contributed by atoms with Crippen molar-refractivity contribution in [2.45, 2.75) is 0 Å². The zero-order valence-electron chi connectivity index (χ0n) is 7.61. The lowest BCUT2D eigenvalue weighted by Gasteiger charge is -2.09. The van der Waals surface area contributed by atoms with Crippen molar-refractivity contribution in [2.75, 3.05) is 20.2 Å². The minimum absolute atomic E-state index is 0.429. The maximum atomic E-state index is 5.90. The van der Waals surface area contributed by atoms with Crippen molar-refractivity contribution in [2.24, 2.45) is 0 Å². The molecule has 1 aromatic carbocycles. The molecule has 5 heteroatoms. The molecule has 2 nitrogen and oxygen atoms in total. The topological polar surface area (TPSA) is 21.3 Å². The number of ether oxygens (including phenoxy) is 1. The molecule has 14 heavy (non-hydrogen) atoms. The number of hydrogen-bond donors (Lipinski definition) is 1. The Morgan fingerprint density at radius 3 is 2.29 bits per heavy atom. The van der Waals surface area contributed by atoms with E-state index in [0.29, 0.717) is 27.4 Å². The van der Waals surface area contributed by atoms with Gasteiger partial charge >= 0.3 is 0 Å². The predicted molar refractivity (Wildman–Crippen MR) is 60.9 cm³/mol. The summed E-state index contributed by atoms with van der Waals surface area (Å²) < 4.78 is 5.38. The first kappa shape index (κ1) is 11.9. The number of halogens is 3. The summed E-state index contributed by atoms with van der Waals surface area (Å²) in [7, 11) is 1.84. The van der Waals surface area contributed by atoms with E-state index in [1.54, 1.807) is 12.1 Å². The van der Waals surface area contributed by atoms with Crippen LogP contribution in [-0.4, -0.2) is 20.2 Å². The zero-order chi connectivity index (χ0) is 10.6. The van der Waals surface area contributed by atoms with Gasteiger partial charge in [0, 0.05) is 11.6 Å². The van der Waals surface area contributed by atoms with E-state index in [4.69, 9.17) is 39.5 Å². The minimum Gasteiger partial charge on any atom is -0.489 e. The Hall–Kier alpha value is -0.150. The highest BCUT2D eigenvalue weighted by Gasteiger charge is 2.08. The monoisotopic (exact) mass is 253 g/mol. The highest BCUT2D eigenvalue weighted by Crippen LogP contribution is 2.35. The molecule has 0 bridgehead atoms. The lowest BCUT2D eigenvalue weighted by Crippen LogP contribution is -2.16. The van der Waals surface area contributed by atoms with E-state index in [0.717, 1.165) is 6.54 Å². The van der Waals surface area contributed by atoms with E-state index >= 15 is 0 Å². The number of hydrogen-bond acceptors (Lipinski definition) is 2. The first-order valence-electron chi connectivity index (χ1n) is 4.07. The fraction of sp³-hybridized carbons (Fsp3) is 0.333. The molecule has 0 aromatic heterocycles. The van der Waals surface area contributed by atoms with E-state index < -0.39 is 0 Å². The summed E-state index contributed by atoms with van der Waals surface area (Å²) >= 11 is 17.5. The van der Waals surface area contributed by atoms with Crippen LogP contribution in [-0.2, 0) is 0 Å². The van der Waals surface area contributed by atoms with Gasteiger partial charge in [-0.3, -0.25) is 0 Å². The van der Waals surface area contributed by atoms with Crippen molar-refractivity contribution in [1.82, 2.24) is 5.32 Å². The van der Waals surface area contributed by atoms with Gasteiger partial charge in [-0.2, -0.15) is 0 Å². The summed E-state index contributed by atoms with van der Waals surface area (Å²) in [5.41, 5.74) is 0. The highest BCUT2D eigenvalue weighted by molar-refractivity contribution is 6.40. The van der Waals surface area contributed by atoms with E-state index in [9.17, 15) is 0 Å². The van der Waals surface area contributed by atoms with Crippen LogP contribution >= 0.6 is 34.8 Å². The van der Waals surface area contributed by atoms with E-state index in [1.165, 1.54) is 0 Å². The van der Waals surface area contributed by atoms with Gasteiger partial charge in [0.05, 0.1) is 10.0 Å². The molecule has 0 aliphatic rings. The summed E-state index contributed by atoms with van der Waals surface area (Å²) in [6.45, 7) is 1.24. The van der Waals surface area contributed by atoms with Crippen molar-refractivity contribution in [3.8, 4) is 5.75 Å².